The molecule has 540 valence electrons. The Hall–Kier alpha value is -15.8. The predicted octanol–water partition coefficient (Wildman–Crippen LogP) is 29.5. The van der Waals surface area contributed by atoms with Crippen LogP contribution >= 0.6 is 0 Å². The summed E-state index contributed by atoms with van der Waals surface area (Å²) in [4.78, 5) is 0. The largest absolute Gasteiger partial charge is 0.455 e. The van der Waals surface area contributed by atoms with Gasteiger partial charge < -0.3 is 40.2 Å². The quantitative estimate of drug-likeness (QED) is 0.177. The maximum atomic E-state index is 6.69. The second-order valence-corrected chi connectivity index (χ2v) is 31.6. The van der Waals surface area contributed by atoms with E-state index < -0.39 is 0 Å². The van der Waals surface area contributed by atoms with Crippen molar-refractivity contribution in [2.24, 2.45) is 0 Å². The summed E-state index contributed by atoms with van der Waals surface area (Å²) in [5.41, 5.74) is 27.5. The van der Waals surface area contributed by atoms with E-state index in [1.807, 2.05) is 18.2 Å². The highest BCUT2D eigenvalue weighted by atomic mass is 16.3. The summed E-state index contributed by atoms with van der Waals surface area (Å²) >= 11 is 0. The summed E-state index contributed by atoms with van der Waals surface area (Å²) in [5, 5.41) is 29.6. The summed E-state index contributed by atoms with van der Waals surface area (Å²) in [6.07, 6.45) is 0. The minimum atomic E-state index is 0.925. The molecule has 117 heavy (non-hydrogen) atoms. The van der Waals surface area contributed by atoms with E-state index in [0.717, 1.165) is 71.5 Å². The lowest BCUT2D eigenvalue weighted by atomic mass is 10.0. The van der Waals surface area contributed by atoms with Crippen molar-refractivity contribution < 1.29 is 13.3 Å². The Morgan fingerprint density at radius 2 is 0.444 bits per heavy atom. The van der Waals surface area contributed by atoms with E-state index in [9.17, 15) is 0 Å². The van der Waals surface area contributed by atoms with Crippen LogP contribution in [0.4, 0.5) is 0 Å². The number of hydrogen-bond acceptors (Lipinski definition) is 3. The van der Waals surface area contributed by atoms with E-state index in [4.69, 9.17) is 13.3 Å². The Labute approximate surface area is 662 Å². The van der Waals surface area contributed by atoms with Crippen LogP contribution in [0.15, 0.2) is 377 Å². The van der Waals surface area contributed by atoms with Gasteiger partial charge in [0.05, 0.1) is 98.9 Å². The van der Waals surface area contributed by atoms with Crippen LogP contribution in [0.2, 0.25) is 0 Å². The molecule has 0 bridgehead atoms. The van der Waals surface area contributed by atoms with Crippen molar-refractivity contribution in [3.63, 3.8) is 0 Å². The number of nitrogens with zero attached hydrogens (tertiary/aromatic N) is 6. The van der Waals surface area contributed by atoms with E-state index in [2.05, 4.69) is 373 Å². The van der Waals surface area contributed by atoms with Gasteiger partial charge in [-0.2, -0.15) is 0 Å². The van der Waals surface area contributed by atoms with Gasteiger partial charge in [-0.05, 0) is 146 Å². The fourth-order valence-corrected chi connectivity index (χ4v) is 21.4. The molecule has 0 aliphatic heterocycles. The summed E-state index contributed by atoms with van der Waals surface area (Å²) in [7, 11) is 0. The fourth-order valence-electron chi connectivity index (χ4n) is 21.4. The second-order valence-electron chi connectivity index (χ2n) is 31.6. The zero-order valence-corrected chi connectivity index (χ0v) is 62.5. The third-order valence-electron chi connectivity index (χ3n) is 25.9. The molecule has 0 saturated carbocycles. The van der Waals surface area contributed by atoms with Gasteiger partial charge in [-0.25, -0.2) is 0 Å². The highest BCUT2D eigenvalue weighted by Crippen LogP contribution is 2.54. The Balaban J connectivity index is 0.0000000917. The van der Waals surface area contributed by atoms with Crippen molar-refractivity contribution in [3.05, 3.63) is 364 Å². The van der Waals surface area contributed by atoms with Crippen LogP contribution in [0.1, 0.15) is 0 Å². The summed E-state index contributed by atoms with van der Waals surface area (Å²) in [5.74, 6) is 0. The average molecular weight is 1490 g/mol. The molecule has 0 spiro atoms. The molecule has 0 radical (unpaired) electrons. The van der Waals surface area contributed by atoms with Gasteiger partial charge in [0.1, 0.15) is 33.5 Å². The zero-order valence-electron chi connectivity index (χ0n) is 62.5. The van der Waals surface area contributed by atoms with Crippen LogP contribution in [0, 0.1) is 0 Å². The van der Waals surface area contributed by atoms with Crippen LogP contribution in [0.5, 0.6) is 0 Å². The molecule has 12 heterocycles. The maximum Gasteiger partial charge on any atom is 0.145 e. The van der Waals surface area contributed by atoms with Gasteiger partial charge in [-0.1, -0.05) is 218 Å². The smallest absolute Gasteiger partial charge is 0.145 e. The molecule has 0 atom stereocenters. The van der Waals surface area contributed by atoms with Crippen LogP contribution in [-0.2, 0) is 0 Å². The van der Waals surface area contributed by atoms with Gasteiger partial charge in [-0.3, -0.25) is 0 Å². The Morgan fingerprint density at radius 3 is 0.915 bits per heavy atom. The number of aromatic nitrogens is 6. The molecule has 0 aliphatic carbocycles. The topological polar surface area (TPSA) is 67.4 Å². The third kappa shape index (κ3) is 7.87. The van der Waals surface area contributed by atoms with Gasteiger partial charge in [0.25, 0.3) is 0 Å². The average Bonchev–Trinajstić information content (AvgIpc) is 1.52. The number of rotatable bonds is 3. The third-order valence-corrected chi connectivity index (χ3v) is 25.9. The highest BCUT2D eigenvalue weighted by Gasteiger charge is 2.31. The van der Waals surface area contributed by atoms with Crippen molar-refractivity contribution >= 4 is 246 Å². The fraction of sp³-hybridized carbons (Fsp3) is 0. The van der Waals surface area contributed by atoms with Crippen molar-refractivity contribution in [1.29, 1.82) is 0 Å². The maximum absolute atomic E-state index is 6.69. The van der Waals surface area contributed by atoms with Gasteiger partial charge in [-0.15, -0.1) is 0 Å². The molecule has 9 heteroatoms. The summed E-state index contributed by atoms with van der Waals surface area (Å²) < 4.78 is 34.6. The highest BCUT2D eigenvalue weighted by molar-refractivity contribution is 6.42. The first-order valence-electron chi connectivity index (χ1n) is 40.1. The SMILES string of the molecule is c1ccc(-n2c3ccccc3c3c4c5c6oc7ccccc7c6ccc5n5c6ccccc6c(cc32)c45)cc1.c1ccc(-n2c3ccccc3c3c4c5ccccc5n5c6ccc7c8ccccc8oc7c6c(cc32)c45)cc1.c1ccc(-n2c3ccccc3c3cc4c5ccccc5n5c6ccc7c8ccccc8oc7c6c(c32)c45)cc1. The molecule has 0 amide bonds. The predicted molar refractivity (Wildman–Crippen MR) is 488 cm³/mol. The molecule has 12 aromatic heterocycles. The molecule has 0 N–H and O–H groups in total. The van der Waals surface area contributed by atoms with Gasteiger partial charge in [0.15, 0.2) is 0 Å². The normalized spacial score (nSPS) is 12.6. The van der Waals surface area contributed by atoms with Crippen molar-refractivity contribution in [2.45, 2.75) is 0 Å². The Morgan fingerprint density at radius 1 is 0.145 bits per heavy atom. The lowest BCUT2D eigenvalue weighted by Crippen LogP contribution is -1.93. The molecule has 0 aliphatic rings. The number of hydrogen-bond donors (Lipinski definition) is 0. The molecule has 18 aromatic carbocycles. The Bertz CT molecular complexity index is 9480. The van der Waals surface area contributed by atoms with Crippen molar-refractivity contribution in [3.8, 4) is 17.1 Å². The van der Waals surface area contributed by atoms with E-state index in [0.29, 0.717) is 0 Å². The molecule has 30 rings (SSSR count). The molecular formula is C108H60N6O3. The van der Waals surface area contributed by atoms with Crippen LogP contribution in [0.25, 0.3) is 263 Å². The Kier molecular flexibility index (Phi) is 11.9. The minimum absolute atomic E-state index is 0.925. The summed E-state index contributed by atoms with van der Waals surface area (Å²) in [6.45, 7) is 0. The molecule has 0 unspecified atom stereocenters. The van der Waals surface area contributed by atoms with Gasteiger partial charge in [0.2, 0.25) is 0 Å². The lowest BCUT2D eigenvalue weighted by molar-refractivity contribution is 0.672. The van der Waals surface area contributed by atoms with Crippen LogP contribution < -0.4 is 0 Å². The first-order valence-corrected chi connectivity index (χ1v) is 40.1. The molecule has 0 fully saturated rings. The number of furan rings is 3. The van der Waals surface area contributed by atoms with Crippen LogP contribution in [0.3, 0.4) is 0 Å². The van der Waals surface area contributed by atoms with E-state index in [1.165, 1.54) is 191 Å². The van der Waals surface area contributed by atoms with E-state index in [1.54, 1.807) is 0 Å². The number of benzene rings is 18. The van der Waals surface area contributed by atoms with E-state index >= 15 is 0 Å². The van der Waals surface area contributed by atoms with Crippen molar-refractivity contribution in [1.82, 2.24) is 26.9 Å². The monoisotopic (exact) mass is 1490 g/mol. The standard InChI is InChI=1S/3C36H20N2O/c1-2-10-21(11-3-1)37-27-15-7-4-13-24(27)32-30(37)20-26-33-29(38-28-16-8-5-14-25(28)34(32)35(26)38)19-18-23-22-12-6-9-17-31(22)39-36(23)33;1-2-10-21(11-3-1)37-28-16-8-5-14-25(28)32-30(37)20-26-22-12-4-7-15-27(22)38-29-19-18-24-23-13-6-9-17-31(23)39-36(24)33(29)34(32)35(26)38;1-2-10-21(11-3-1)37-28-15-7-4-12-22(28)26-20-27-23-13-5-8-16-29(23)38-30-19-18-25-24-14-6-9-17-31(24)39-36(25)32(30)33(34(26)37)35(27)38/h3*1-20H. The van der Waals surface area contributed by atoms with Gasteiger partial charge >= 0.3 is 0 Å². The first kappa shape index (κ1) is 61.8. The number of para-hydroxylation sites is 12. The zero-order chi connectivity index (χ0) is 75.7. The number of fused-ring (bicyclic) bond motifs is 42. The van der Waals surface area contributed by atoms with E-state index in [-0.39, 0.29) is 0 Å². The molecular weight excluding hydrogens is 1430 g/mol. The van der Waals surface area contributed by atoms with Gasteiger partial charge in [0, 0.05) is 130 Å². The molecule has 0 saturated heterocycles. The lowest BCUT2D eigenvalue weighted by Gasteiger charge is -2.09. The molecule has 30 aromatic rings. The minimum Gasteiger partial charge on any atom is -0.455 e. The summed E-state index contributed by atoms with van der Waals surface area (Å²) in [6, 6.07) is 131. The second kappa shape index (κ2) is 22.5. The van der Waals surface area contributed by atoms with Crippen LogP contribution in [-0.4, -0.2) is 26.9 Å². The first-order chi connectivity index (χ1) is 58.1. The molecule has 9 nitrogen and oxygen atoms in total. The van der Waals surface area contributed by atoms with Crippen molar-refractivity contribution in [2.75, 3.05) is 0 Å².